The molecule has 6 heteroatoms. The van der Waals surface area contributed by atoms with Gasteiger partial charge in [-0.25, -0.2) is 0 Å². The summed E-state index contributed by atoms with van der Waals surface area (Å²) in [5, 5.41) is 2.95. The van der Waals surface area contributed by atoms with Gasteiger partial charge >= 0.3 is 0 Å². The summed E-state index contributed by atoms with van der Waals surface area (Å²) in [5.74, 6) is 0.945. The van der Waals surface area contributed by atoms with E-state index in [1.54, 1.807) is 11.8 Å². The number of thioether (sulfide) groups is 1. The Labute approximate surface area is 134 Å². The molecule has 0 aromatic rings. The molecule has 1 amide bonds. The highest BCUT2D eigenvalue weighted by molar-refractivity contribution is 7.98. The van der Waals surface area contributed by atoms with Crippen molar-refractivity contribution in [1.29, 1.82) is 0 Å². The number of halogens is 1. The van der Waals surface area contributed by atoms with Gasteiger partial charge in [0.1, 0.15) is 0 Å². The van der Waals surface area contributed by atoms with Gasteiger partial charge in [0.2, 0.25) is 5.91 Å². The summed E-state index contributed by atoms with van der Waals surface area (Å²) in [6, 6.07) is 0.356. The fourth-order valence-corrected chi connectivity index (χ4v) is 2.98. The van der Waals surface area contributed by atoms with Gasteiger partial charge in [-0.15, -0.1) is 12.4 Å². The van der Waals surface area contributed by atoms with Crippen molar-refractivity contribution in [1.82, 2.24) is 10.2 Å². The molecule has 0 aromatic carbocycles. The van der Waals surface area contributed by atoms with Crippen LogP contribution >= 0.6 is 24.2 Å². The fraction of sp³-hybridized carbons (Fsp3) is 0.929. The first-order valence-corrected chi connectivity index (χ1v) is 8.80. The van der Waals surface area contributed by atoms with E-state index in [9.17, 15) is 4.79 Å². The number of piperidine rings is 1. The van der Waals surface area contributed by atoms with Gasteiger partial charge < -0.3 is 16.0 Å². The smallest absolute Gasteiger partial charge is 0.236 e. The van der Waals surface area contributed by atoms with Gasteiger partial charge in [-0.1, -0.05) is 6.42 Å². The number of nitrogens with one attached hydrogen (secondary N) is 1. The number of carbonyl (C=O) groups is 1. The molecule has 0 radical (unpaired) electrons. The van der Waals surface area contributed by atoms with Crippen LogP contribution in [-0.4, -0.2) is 54.5 Å². The highest BCUT2D eigenvalue weighted by atomic mass is 35.5. The monoisotopic (exact) mass is 323 g/mol. The lowest BCUT2D eigenvalue weighted by Crippen LogP contribution is -2.43. The largest absolute Gasteiger partial charge is 0.355 e. The molecule has 0 aliphatic carbocycles. The van der Waals surface area contributed by atoms with E-state index in [0.717, 1.165) is 31.7 Å². The Morgan fingerprint density at radius 2 is 2.25 bits per heavy atom. The molecule has 0 saturated carbocycles. The molecule has 3 N–H and O–H groups in total. The summed E-state index contributed by atoms with van der Waals surface area (Å²) in [5.41, 5.74) is 5.81. The summed E-state index contributed by atoms with van der Waals surface area (Å²) >= 11 is 1.73. The van der Waals surface area contributed by atoms with E-state index in [1.807, 2.05) is 6.26 Å². The van der Waals surface area contributed by atoms with Crippen molar-refractivity contribution in [3.63, 3.8) is 0 Å². The first kappa shape index (κ1) is 20.0. The number of nitrogens with zero attached hydrogens (tertiary/aromatic N) is 1. The van der Waals surface area contributed by atoms with Crippen molar-refractivity contribution in [2.45, 2.75) is 51.1 Å². The molecule has 0 bridgehead atoms. The molecule has 2 atom stereocenters. The molecule has 4 nitrogen and oxygen atoms in total. The Balaban J connectivity index is 0.00000361. The van der Waals surface area contributed by atoms with Crippen LogP contribution in [0.2, 0.25) is 0 Å². The summed E-state index contributed by atoms with van der Waals surface area (Å²) < 4.78 is 0. The van der Waals surface area contributed by atoms with Gasteiger partial charge in [-0.05, 0) is 51.2 Å². The molecule has 1 heterocycles. The predicted octanol–water partition coefficient (Wildman–Crippen LogP) is 1.87. The quantitative estimate of drug-likeness (QED) is 0.670. The summed E-state index contributed by atoms with van der Waals surface area (Å²) in [4.78, 5) is 14.2. The van der Waals surface area contributed by atoms with E-state index >= 15 is 0 Å². The second-order valence-corrected chi connectivity index (χ2v) is 6.40. The zero-order chi connectivity index (χ0) is 14.1. The van der Waals surface area contributed by atoms with Crippen LogP contribution in [0.3, 0.4) is 0 Å². The molecule has 0 aromatic heterocycles. The van der Waals surface area contributed by atoms with Gasteiger partial charge in [-0.3, -0.25) is 4.79 Å². The third-order valence-corrected chi connectivity index (χ3v) is 4.48. The summed E-state index contributed by atoms with van der Waals surface area (Å²) in [6.45, 7) is 5.34. The van der Waals surface area contributed by atoms with Crippen LogP contribution in [0.4, 0.5) is 0 Å². The molecule has 0 spiro atoms. The maximum atomic E-state index is 11.7. The molecule has 1 aliphatic rings. The molecule has 20 heavy (non-hydrogen) atoms. The number of nitrogens with two attached hydrogens (primary N) is 1. The number of carbonyl (C=O) groups excluding carboxylic acids is 1. The molecule has 1 fully saturated rings. The molecular weight excluding hydrogens is 294 g/mol. The molecule has 1 saturated heterocycles. The van der Waals surface area contributed by atoms with Crippen molar-refractivity contribution < 1.29 is 4.79 Å². The SMILES string of the molecule is CSCC[C@H](N)C(=O)NCCCN1CCCCC1C.Cl. The minimum atomic E-state index is -0.346. The van der Waals surface area contributed by atoms with Gasteiger partial charge in [0, 0.05) is 19.1 Å². The molecule has 120 valence electrons. The lowest BCUT2D eigenvalue weighted by atomic mass is 10.0. The van der Waals surface area contributed by atoms with E-state index in [-0.39, 0.29) is 24.4 Å². The summed E-state index contributed by atoms with van der Waals surface area (Å²) in [6.07, 6.45) is 7.80. The Morgan fingerprint density at radius 3 is 2.90 bits per heavy atom. The first-order chi connectivity index (χ1) is 9.15. The molecule has 1 rings (SSSR count). The first-order valence-electron chi connectivity index (χ1n) is 7.41. The Morgan fingerprint density at radius 1 is 1.50 bits per heavy atom. The zero-order valence-corrected chi connectivity index (χ0v) is 14.4. The van der Waals surface area contributed by atoms with Crippen molar-refractivity contribution in [2.75, 3.05) is 31.6 Å². The van der Waals surface area contributed by atoms with Crippen molar-refractivity contribution in [3.05, 3.63) is 0 Å². The normalized spacial score (nSPS) is 21.1. The van der Waals surface area contributed by atoms with Crippen LogP contribution in [0.25, 0.3) is 0 Å². The second kappa shape index (κ2) is 11.7. The van der Waals surface area contributed by atoms with Crippen LogP contribution in [0.15, 0.2) is 0 Å². The van der Waals surface area contributed by atoms with Crippen LogP contribution in [0.1, 0.15) is 39.0 Å². The van der Waals surface area contributed by atoms with E-state index < -0.39 is 0 Å². The Hall–Kier alpha value is 0.0300. The van der Waals surface area contributed by atoms with E-state index in [1.165, 1.54) is 25.8 Å². The second-order valence-electron chi connectivity index (χ2n) is 5.41. The predicted molar refractivity (Wildman–Crippen MR) is 90.7 cm³/mol. The van der Waals surface area contributed by atoms with Gasteiger partial charge in [0.05, 0.1) is 6.04 Å². The number of hydrogen-bond acceptors (Lipinski definition) is 4. The average molecular weight is 324 g/mol. The maximum absolute atomic E-state index is 11.7. The van der Waals surface area contributed by atoms with Crippen molar-refractivity contribution >= 4 is 30.1 Å². The van der Waals surface area contributed by atoms with Crippen LogP contribution < -0.4 is 11.1 Å². The number of rotatable bonds is 8. The van der Waals surface area contributed by atoms with Gasteiger partial charge in [-0.2, -0.15) is 11.8 Å². The van der Waals surface area contributed by atoms with Crippen LogP contribution in [0, 0.1) is 0 Å². The highest BCUT2D eigenvalue weighted by Crippen LogP contribution is 2.15. The summed E-state index contributed by atoms with van der Waals surface area (Å²) in [7, 11) is 0. The third kappa shape index (κ3) is 7.72. The number of likely N-dealkylation sites (tertiary alicyclic amines) is 1. The fourth-order valence-electron chi connectivity index (χ4n) is 2.49. The molecule has 1 aliphatic heterocycles. The Bertz CT molecular complexity index is 269. The Kier molecular flexibility index (Phi) is 11.7. The van der Waals surface area contributed by atoms with Gasteiger partial charge in [0.15, 0.2) is 0 Å². The standard InChI is InChI=1S/C14H29N3OS.ClH/c1-12-6-3-4-9-17(12)10-5-8-16-14(18)13(15)7-11-19-2;/h12-13H,3-11,15H2,1-2H3,(H,16,18);1H/t12?,13-;/m0./s1. The minimum Gasteiger partial charge on any atom is -0.355 e. The lowest BCUT2D eigenvalue weighted by Gasteiger charge is -2.33. The van der Waals surface area contributed by atoms with E-state index in [4.69, 9.17) is 5.73 Å². The van der Waals surface area contributed by atoms with Crippen LogP contribution in [-0.2, 0) is 4.79 Å². The van der Waals surface area contributed by atoms with Crippen molar-refractivity contribution in [3.8, 4) is 0 Å². The molecule has 1 unspecified atom stereocenters. The highest BCUT2D eigenvalue weighted by Gasteiger charge is 2.17. The maximum Gasteiger partial charge on any atom is 0.236 e. The lowest BCUT2D eigenvalue weighted by molar-refractivity contribution is -0.122. The van der Waals surface area contributed by atoms with Crippen LogP contribution in [0.5, 0.6) is 0 Å². The molecular formula is C14H30ClN3OS. The van der Waals surface area contributed by atoms with E-state index in [2.05, 4.69) is 17.1 Å². The minimum absolute atomic E-state index is 0. The topological polar surface area (TPSA) is 58.4 Å². The zero-order valence-electron chi connectivity index (χ0n) is 12.8. The number of hydrogen-bond donors (Lipinski definition) is 2. The van der Waals surface area contributed by atoms with Gasteiger partial charge in [0.25, 0.3) is 0 Å². The van der Waals surface area contributed by atoms with Crippen molar-refractivity contribution in [2.24, 2.45) is 5.73 Å². The third-order valence-electron chi connectivity index (χ3n) is 3.83. The van der Waals surface area contributed by atoms with E-state index in [0.29, 0.717) is 6.04 Å². The number of amides is 1. The average Bonchev–Trinajstić information content (AvgIpc) is 2.42.